The van der Waals surface area contributed by atoms with Crippen LogP contribution in [0.4, 0.5) is 11.5 Å². The number of anilines is 2. The van der Waals surface area contributed by atoms with Gasteiger partial charge >= 0.3 is 0 Å². The Balaban J connectivity index is 1.96. The third-order valence-electron chi connectivity index (χ3n) is 4.37. The van der Waals surface area contributed by atoms with Crippen molar-refractivity contribution in [3.63, 3.8) is 0 Å². The fourth-order valence-corrected chi connectivity index (χ4v) is 3.53. The van der Waals surface area contributed by atoms with Crippen LogP contribution in [0.25, 0.3) is 0 Å². The SMILES string of the molecule is N#C[C@@H]1CCOC[C@H]1n1cc(C(N)=O)c(Nc2cc(Cl)c(Br)c(CO)c2)n1. The van der Waals surface area contributed by atoms with Gasteiger partial charge in [-0.3, -0.25) is 9.48 Å². The molecular weight excluding hydrogens is 438 g/mol. The molecule has 1 fully saturated rings. The highest BCUT2D eigenvalue weighted by molar-refractivity contribution is 9.10. The first kappa shape index (κ1) is 19.6. The van der Waals surface area contributed by atoms with Crippen molar-refractivity contribution in [1.29, 1.82) is 5.26 Å². The van der Waals surface area contributed by atoms with Crippen molar-refractivity contribution < 1.29 is 14.6 Å². The average Bonchev–Trinajstić information content (AvgIpc) is 3.08. The topological polar surface area (TPSA) is 126 Å². The third kappa shape index (κ3) is 4.09. The predicted molar refractivity (Wildman–Crippen MR) is 103 cm³/mol. The van der Waals surface area contributed by atoms with E-state index in [-0.39, 0.29) is 29.9 Å². The van der Waals surface area contributed by atoms with E-state index in [0.717, 1.165) is 0 Å². The Hall–Kier alpha value is -2.12. The average molecular weight is 455 g/mol. The molecule has 142 valence electrons. The van der Waals surface area contributed by atoms with Gasteiger partial charge in [0, 0.05) is 23.0 Å². The lowest BCUT2D eigenvalue weighted by molar-refractivity contribution is 0.0342. The van der Waals surface area contributed by atoms with Crippen LogP contribution in [0.5, 0.6) is 0 Å². The summed E-state index contributed by atoms with van der Waals surface area (Å²) in [6.45, 7) is 0.637. The molecule has 1 saturated heterocycles. The monoisotopic (exact) mass is 453 g/mol. The molecule has 0 bridgehead atoms. The van der Waals surface area contributed by atoms with Gasteiger partial charge in [-0.15, -0.1) is 0 Å². The number of aliphatic hydroxyl groups excluding tert-OH is 1. The number of hydrogen-bond acceptors (Lipinski definition) is 6. The molecule has 8 nitrogen and oxygen atoms in total. The van der Waals surface area contributed by atoms with E-state index >= 15 is 0 Å². The van der Waals surface area contributed by atoms with E-state index in [9.17, 15) is 15.2 Å². The number of nitriles is 1. The van der Waals surface area contributed by atoms with Crippen LogP contribution in [-0.2, 0) is 11.3 Å². The minimum Gasteiger partial charge on any atom is -0.392 e. The summed E-state index contributed by atoms with van der Waals surface area (Å²) in [5, 5.41) is 26.6. The number of amides is 1. The summed E-state index contributed by atoms with van der Waals surface area (Å²) < 4.78 is 7.59. The van der Waals surface area contributed by atoms with Crippen LogP contribution < -0.4 is 11.1 Å². The highest BCUT2D eigenvalue weighted by Gasteiger charge is 2.29. The van der Waals surface area contributed by atoms with Gasteiger partial charge in [0.2, 0.25) is 0 Å². The number of carbonyl (C=O) groups excluding carboxylic acids is 1. The summed E-state index contributed by atoms with van der Waals surface area (Å²) in [6.07, 6.45) is 2.11. The van der Waals surface area contributed by atoms with Crippen molar-refractivity contribution >= 4 is 44.9 Å². The highest BCUT2D eigenvalue weighted by Crippen LogP contribution is 2.33. The van der Waals surface area contributed by atoms with Gasteiger partial charge in [-0.2, -0.15) is 10.4 Å². The Morgan fingerprint density at radius 2 is 2.37 bits per heavy atom. The molecule has 27 heavy (non-hydrogen) atoms. The first-order chi connectivity index (χ1) is 12.9. The smallest absolute Gasteiger partial charge is 0.254 e. The second kappa shape index (κ2) is 8.27. The number of carbonyl (C=O) groups is 1. The molecule has 4 N–H and O–H groups in total. The van der Waals surface area contributed by atoms with Crippen LogP contribution >= 0.6 is 27.5 Å². The van der Waals surface area contributed by atoms with Crippen molar-refractivity contribution in [2.45, 2.75) is 19.1 Å². The van der Waals surface area contributed by atoms with Gasteiger partial charge in [-0.25, -0.2) is 0 Å². The first-order valence-electron chi connectivity index (χ1n) is 8.16. The standard InChI is InChI=1S/C17H17BrClN5O3/c18-15-10(7-25)3-11(4-13(15)19)22-17-12(16(21)26)6-24(23-17)14-8-27-2-1-9(14)5-20/h3-4,6,9,14,25H,1-2,7-8H2,(H2,21,26)(H,22,23)/t9-,14+/m0/s1. The molecule has 1 aliphatic heterocycles. The quantitative estimate of drug-likeness (QED) is 0.637. The van der Waals surface area contributed by atoms with Crippen LogP contribution in [0.15, 0.2) is 22.8 Å². The molecular formula is C17H17BrClN5O3. The normalized spacial score (nSPS) is 19.5. The van der Waals surface area contributed by atoms with E-state index in [2.05, 4.69) is 32.4 Å². The number of halogens is 2. The number of nitrogens with two attached hydrogens (primary N) is 1. The molecule has 1 amide bonds. The lowest BCUT2D eigenvalue weighted by Crippen LogP contribution is -2.29. The van der Waals surface area contributed by atoms with E-state index in [1.165, 1.54) is 6.20 Å². The van der Waals surface area contributed by atoms with Gasteiger partial charge in [0.1, 0.15) is 5.56 Å². The highest BCUT2D eigenvalue weighted by atomic mass is 79.9. The Morgan fingerprint density at radius 1 is 1.59 bits per heavy atom. The second-order valence-corrected chi connectivity index (χ2v) is 7.32. The maximum atomic E-state index is 11.9. The van der Waals surface area contributed by atoms with Gasteiger partial charge in [0.15, 0.2) is 5.82 Å². The number of ether oxygens (including phenoxy) is 1. The van der Waals surface area contributed by atoms with Gasteiger partial charge in [-0.05, 0) is 40.0 Å². The maximum absolute atomic E-state index is 11.9. The van der Waals surface area contributed by atoms with Crippen molar-refractivity contribution in [3.05, 3.63) is 39.0 Å². The van der Waals surface area contributed by atoms with E-state index in [1.807, 2.05) is 0 Å². The van der Waals surface area contributed by atoms with Gasteiger partial charge in [0.05, 0.1) is 36.3 Å². The fraction of sp³-hybridized carbons (Fsp3) is 0.353. The van der Waals surface area contributed by atoms with Gasteiger partial charge in [0.25, 0.3) is 5.91 Å². The molecule has 2 aromatic rings. The van der Waals surface area contributed by atoms with E-state index in [0.29, 0.717) is 40.4 Å². The molecule has 1 aliphatic rings. The fourth-order valence-electron chi connectivity index (χ4n) is 2.94. The van der Waals surface area contributed by atoms with E-state index in [4.69, 9.17) is 22.1 Å². The largest absolute Gasteiger partial charge is 0.392 e. The Morgan fingerprint density at radius 3 is 3.04 bits per heavy atom. The predicted octanol–water partition coefficient (Wildman–Crippen LogP) is 2.73. The molecule has 3 rings (SSSR count). The zero-order chi connectivity index (χ0) is 19.6. The molecule has 1 aromatic heterocycles. The molecule has 2 atom stereocenters. The number of nitrogens with zero attached hydrogens (tertiary/aromatic N) is 3. The van der Waals surface area contributed by atoms with Crippen LogP contribution in [0.1, 0.15) is 28.4 Å². The number of benzene rings is 1. The molecule has 0 unspecified atom stereocenters. The molecule has 10 heteroatoms. The lowest BCUT2D eigenvalue weighted by atomic mass is 9.97. The van der Waals surface area contributed by atoms with E-state index < -0.39 is 5.91 Å². The second-order valence-electron chi connectivity index (χ2n) is 6.12. The summed E-state index contributed by atoms with van der Waals surface area (Å²) in [7, 11) is 0. The van der Waals surface area contributed by atoms with Gasteiger partial charge in [-0.1, -0.05) is 11.6 Å². The van der Waals surface area contributed by atoms with Crippen molar-refractivity contribution in [3.8, 4) is 6.07 Å². The number of hydrogen-bond donors (Lipinski definition) is 3. The number of primary amides is 1. The van der Waals surface area contributed by atoms with Crippen molar-refractivity contribution in [2.24, 2.45) is 11.7 Å². The molecule has 1 aromatic carbocycles. The van der Waals surface area contributed by atoms with Crippen LogP contribution in [0.3, 0.4) is 0 Å². The van der Waals surface area contributed by atoms with Gasteiger partial charge < -0.3 is 20.9 Å². The Bertz CT molecular complexity index is 911. The minimum absolute atomic E-state index is 0.182. The van der Waals surface area contributed by atoms with Crippen LogP contribution in [0.2, 0.25) is 5.02 Å². The summed E-state index contributed by atoms with van der Waals surface area (Å²) >= 11 is 9.47. The molecule has 0 radical (unpaired) electrons. The third-order valence-corrected chi connectivity index (χ3v) is 5.83. The van der Waals surface area contributed by atoms with Crippen molar-refractivity contribution in [2.75, 3.05) is 18.5 Å². The molecule has 0 spiro atoms. The van der Waals surface area contributed by atoms with Crippen molar-refractivity contribution in [1.82, 2.24) is 9.78 Å². The Kier molecular flexibility index (Phi) is 6.01. The van der Waals surface area contributed by atoms with E-state index in [1.54, 1.807) is 16.8 Å². The zero-order valence-electron chi connectivity index (χ0n) is 14.2. The summed E-state index contributed by atoms with van der Waals surface area (Å²) in [5.74, 6) is -0.679. The lowest BCUT2D eigenvalue weighted by Gasteiger charge is -2.26. The number of aliphatic hydroxyl groups is 1. The zero-order valence-corrected chi connectivity index (χ0v) is 16.5. The number of nitrogens with one attached hydrogen (secondary N) is 1. The Labute approximate surface area is 169 Å². The molecule has 0 saturated carbocycles. The first-order valence-corrected chi connectivity index (χ1v) is 9.33. The number of rotatable bonds is 5. The summed E-state index contributed by atoms with van der Waals surface area (Å²) in [6, 6.07) is 5.27. The summed E-state index contributed by atoms with van der Waals surface area (Å²) in [5.41, 5.74) is 6.79. The minimum atomic E-state index is -0.653. The summed E-state index contributed by atoms with van der Waals surface area (Å²) in [4.78, 5) is 11.9. The molecule has 0 aliphatic carbocycles. The molecule has 2 heterocycles. The van der Waals surface area contributed by atoms with Crippen LogP contribution in [0, 0.1) is 17.2 Å². The maximum Gasteiger partial charge on any atom is 0.254 e. The van der Waals surface area contributed by atoms with Crippen LogP contribution in [-0.4, -0.2) is 34.0 Å². The number of aromatic nitrogens is 2.